The van der Waals surface area contributed by atoms with Gasteiger partial charge < -0.3 is 0 Å². The molecular weight excluding hydrogens is 374 g/mol. The van der Waals surface area contributed by atoms with Crippen molar-refractivity contribution in [2.45, 2.75) is 20.4 Å². The highest BCUT2D eigenvalue weighted by atomic mass is 32.1. The Labute approximate surface area is 164 Å². The van der Waals surface area contributed by atoms with E-state index >= 15 is 0 Å². The number of nitro benzene ring substituents is 1. The Kier molecular flexibility index (Phi) is 4.52. The van der Waals surface area contributed by atoms with E-state index in [0.717, 1.165) is 21.6 Å². The molecule has 0 aliphatic rings. The molecule has 4 rings (SSSR count). The molecule has 0 spiro atoms. The third-order valence-electron chi connectivity index (χ3n) is 4.91. The van der Waals surface area contributed by atoms with Gasteiger partial charge in [-0.1, -0.05) is 42.5 Å². The fourth-order valence-corrected chi connectivity index (χ4v) is 4.50. The second-order valence-electron chi connectivity index (χ2n) is 6.60. The molecule has 4 aromatic rings. The van der Waals surface area contributed by atoms with Gasteiger partial charge in [0.1, 0.15) is 4.83 Å². The molecule has 7 heteroatoms. The fourth-order valence-electron chi connectivity index (χ4n) is 3.36. The van der Waals surface area contributed by atoms with Crippen molar-refractivity contribution in [2.75, 3.05) is 0 Å². The molecule has 6 nitrogen and oxygen atoms in total. The van der Waals surface area contributed by atoms with Crippen LogP contribution in [0, 0.1) is 24.0 Å². The van der Waals surface area contributed by atoms with Gasteiger partial charge in [0.15, 0.2) is 0 Å². The number of nitrogens with zero attached hydrogens (tertiary/aromatic N) is 3. The molecule has 0 fully saturated rings. The summed E-state index contributed by atoms with van der Waals surface area (Å²) in [6.45, 7) is 3.88. The van der Waals surface area contributed by atoms with Crippen molar-refractivity contribution in [1.82, 2.24) is 9.55 Å². The van der Waals surface area contributed by atoms with Crippen molar-refractivity contribution in [1.29, 1.82) is 0 Å². The predicted octanol–water partition coefficient (Wildman–Crippen LogP) is 4.70. The summed E-state index contributed by atoms with van der Waals surface area (Å²) in [5, 5.41) is 11.8. The summed E-state index contributed by atoms with van der Waals surface area (Å²) in [4.78, 5) is 30.1. The summed E-state index contributed by atoms with van der Waals surface area (Å²) in [6.07, 6.45) is 1.52. The summed E-state index contributed by atoms with van der Waals surface area (Å²) >= 11 is 1.50. The van der Waals surface area contributed by atoms with E-state index in [0.29, 0.717) is 15.8 Å². The van der Waals surface area contributed by atoms with E-state index in [4.69, 9.17) is 0 Å². The molecule has 0 aliphatic carbocycles. The van der Waals surface area contributed by atoms with Crippen LogP contribution in [0.15, 0.2) is 59.7 Å². The maximum absolute atomic E-state index is 13.1. The third-order valence-corrected chi connectivity index (χ3v) is 6.16. The van der Waals surface area contributed by atoms with E-state index in [2.05, 4.69) is 4.98 Å². The van der Waals surface area contributed by atoms with Crippen LogP contribution in [-0.4, -0.2) is 14.5 Å². The Morgan fingerprint density at radius 3 is 2.54 bits per heavy atom. The monoisotopic (exact) mass is 391 g/mol. The van der Waals surface area contributed by atoms with E-state index in [1.165, 1.54) is 28.3 Å². The zero-order valence-electron chi connectivity index (χ0n) is 15.4. The smallest absolute Gasteiger partial charge is 0.272 e. The van der Waals surface area contributed by atoms with Crippen molar-refractivity contribution in [2.24, 2.45) is 0 Å². The SMILES string of the molecule is Cc1c(Cn2cnc3sc(-c4ccccc4)c(C)c3c2=O)cccc1[N+](=O)[O-]. The van der Waals surface area contributed by atoms with Crippen LogP contribution in [-0.2, 0) is 6.54 Å². The van der Waals surface area contributed by atoms with Gasteiger partial charge in [0.2, 0.25) is 0 Å². The molecule has 28 heavy (non-hydrogen) atoms. The lowest BCUT2D eigenvalue weighted by Crippen LogP contribution is -2.21. The van der Waals surface area contributed by atoms with Crippen LogP contribution in [0.25, 0.3) is 20.7 Å². The first-order chi connectivity index (χ1) is 13.5. The number of hydrogen-bond donors (Lipinski definition) is 0. The van der Waals surface area contributed by atoms with E-state index in [1.807, 2.05) is 37.3 Å². The normalized spacial score (nSPS) is 11.1. The number of rotatable bonds is 4. The molecule has 0 saturated heterocycles. The highest BCUT2D eigenvalue weighted by Crippen LogP contribution is 2.35. The van der Waals surface area contributed by atoms with Crippen molar-refractivity contribution in [3.05, 3.63) is 92.0 Å². The first-order valence-electron chi connectivity index (χ1n) is 8.74. The molecule has 140 valence electrons. The largest absolute Gasteiger partial charge is 0.294 e. The second-order valence-corrected chi connectivity index (χ2v) is 7.60. The van der Waals surface area contributed by atoms with Crippen LogP contribution in [0.1, 0.15) is 16.7 Å². The van der Waals surface area contributed by atoms with E-state index in [-0.39, 0.29) is 17.8 Å². The van der Waals surface area contributed by atoms with Crippen molar-refractivity contribution < 1.29 is 4.92 Å². The van der Waals surface area contributed by atoms with Crippen LogP contribution in [0.3, 0.4) is 0 Å². The summed E-state index contributed by atoms with van der Waals surface area (Å²) in [5.74, 6) is 0. The number of benzene rings is 2. The van der Waals surface area contributed by atoms with Crippen LogP contribution in [0.4, 0.5) is 5.69 Å². The average Bonchev–Trinajstić information content (AvgIpc) is 3.03. The van der Waals surface area contributed by atoms with Gasteiger partial charge in [-0.3, -0.25) is 19.5 Å². The molecule has 2 heterocycles. The molecule has 0 radical (unpaired) electrons. The lowest BCUT2D eigenvalue weighted by molar-refractivity contribution is -0.385. The lowest BCUT2D eigenvalue weighted by Gasteiger charge is -2.09. The van der Waals surface area contributed by atoms with Gasteiger partial charge in [0.25, 0.3) is 11.2 Å². The molecule has 0 N–H and O–H groups in total. The van der Waals surface area contributed by atoms with Gasteiger partial charge in [-0.2, -0.15) is 0 Å². The summed E-state index contributed by atoms with van der Waals surface area (Å²) in [7, 11) is 0. The minimum atomic E-state index is -0.405. The number of fused-ring (bicyclic) bond motifs is 1. The quantitative estimate of drug-likeness (QED) is 0.373. The molecular formula is C21H17N3O3S. The first-order valence-corrected chi connectivity index (χ1v) is 9.56. The van der Waals surface area contributed by atoms with Crippen molar-refractivity contribution in [3.63, 3.8) is 0 Å². The Balaban J connectivity index is 1.82. The molecule has 0 unspecified atom stereocenters. The van der Waals surface area contributed by atoms with Crippen LogP contribution >= 0.6 is 11.3 Å². The highest BCUT2D eigenvalue weighted by molar-refractivity contribution is 7.22. The minimum Gasteiger partial charge on any atom is -0.294 e. The predicted molar refractivity (Wildman–Crippen MR) is 111 cm³/mol. The number of thiophene rings is 1. The highest BCUT2D eigenvalue weighted by Gasteiger charge is 2.17. The standard InChI is InChI=1S/C21H17N3O3S/c1-13-16(9-6-10-17(13)24(26)27)11-23-12-22-20-18(21(23)25)14(2)19(28-20)15-7-4-3-5-8-15/h3-10,12H,11H2,1-2H3. The van der Waals surface area contributed by atoms with Gasteiger partial charge in [-0.25, -0.2) is 4.98 Å². The Morgan fingerprint density at radius 2 is 1.82 bits per heavy atom. The Hall–Kier alpha value is -3.32. The zero-order valence-corrected chi connectivity index (χ0v) is 16.2. The molecule has 0 aliphatic heterocycles. The molecule has 2 aromatic carbocycles. The number of aryl methyl sites for hydroxylation is 1. The summed E-state index contributed by atoms with van der Waals surface area (Å²) in [5.41, 5.74) is 3.18. The van der Waals surface area contributed by atoms with E-state index < -0.39 is 4.92 Å². The van der Waals surface area contributed by atoms with E-state index in [1.54, 1.807) is 19.1 Å². The van der Waals surface area contributed by atoms with Crippen LogP contribution < -0.4 is 5.56 Å². The Bertz CT molecular complexity index is 1260. The summed E-state index contributed by atoms with van der Waals surface area (Å²) < 4.78 is 1.52. The maximum atomic E-state index is 13.1. The van der Waals surface area contributed by atoms with Crippen LogP contribution in [0.5, 0.6) is 0 Å². The fraction of sp³-hybridized carbons (Fsp3) is 0.143. The lowest BCUT2D eigenvalue weighted by atomic mass is 10.1. The molecule has 0 amide bonds. The van der Waals surface area contributed by atoms with Gasteiger partial charge >= 0.3 is 0 Å². The van der Waals surface area contributed by atoms with E-state index in [9.17, 15) is 14.9 Å². The van der Waals surface area contributed by atoms with Gasteiger partial charge in [-0.05, 0) is 30.5 Å². The molecule has 0 bridgehead atoms. The average molecular weight is 391 g/mol. The zero-order chi connectivity index (χ0) is 19.8. The third kappa shape index (κ3) is 2.99. The molecule has 2 aromatic heterocycles. The number of nitro groups is 1. The van der Waals surface area contributed by atoms with Crippen molar-refractivity contribution >= 4 is 27.2 Å². The van der Waals surface area contributed by atoms with Gasteiger partial charge in [0, 0.05) is 16.5 Å². The van der Waals surface area contributed by atoms with Crippen LogP contribution in [0.2, 0.25) is 0 Å². The second kappa shape index (κ2) is 7.01. The minimum absolute atomic E-state index is 0.0534. The number of hydrogen-bond acceptors (Lipinski definition) is 5. The van der Waals surface area contributed by atoms with Gasteiger partial charge in [0.05, 0.1) is 23.2 Å². The molecule has 0 saturated carbocycles. The number of aromatic nitrogens is 2. The summed E-state index contributed by atoms with van der Waals surface area (Å²) in [6, 6.07) is 14.8. The Morgan fingerprint density at radius 1 is 1.07 bits per heavy atom. The first kappa shape index (κ1) is 18.1. The van der Waals surface area contributed by atoms with Crippen molar-refractivity contribution in [3.8, 4) is 10.4 Å². The molecule has 0 atom stereocenters. The topological polar surface area (TPSA) is 78.0 Å². The maximum Gasteiger partial charge on any atom is 0.272 e. The van der Waals surface area contributed by atoms with Gasteiger partial charge in [-0.15, -0.1) is 11.3 Å².